The van der Waals surface area contributed by atoms with E-state index in [1.165, 1.54) is 0 Å². The van der Waals surface area contributed by atoms with Crippen LogP contribution in [0.15, 0.2) is 83.7 Å². The Kier molecular flexibility index (Phi) is 8.18. The van der Waals surface area contributed by atoms with Crippen LogP contribution in [0.3, 0.4) is 0 Å². The van der Waals surface area contributed by atoms with Gasteiger partial charge in [0.15, 0.2) is 0 Å². The van der Waals surface area contributed by atoms with E-state index in [1.807, 2.05) is 67.3 Å². The average Bonchev–Trinajstić information content (AvgIpc) is 2.88. The van der Waals surface area contributed by atoms with Gasteiger partial charge in [-0.3, -0.25) is 14.2 Å². The van der Waals surface area contributed by atoms with Crippen molar-refractivity contribution in [1.29, 1.82) is 0 Å². The summed E-state index contributed by atoms with van der Waals surface area (Å²) in [5.41, 5.74) is 7.77. The van der Waals surface area contributed by atoms with Crippen LogP contribution in [0.4, 0.5) is 0 Å². The van der Waals surface area contributed by atoms with E-state index < -0.39 is 6.04 Å². The Morgan fingerprint density at radius 2 is 1.69 bits per heavy atom. The number of carbonyl (C=O) groups excluding carboxylic acids is 1. The number of aromatic nitrogens is 2. The molecule has 0 bridgehead atoms. The van der Waals surface area contributed by atoms with Crippen molar-refractivity contribution in [2.45, 2.75) is 32.9 Å². The number of hydrogen-bond donors (Lipinski definition) is 1. The van der Waals surface area contributed by atoms with Crippen LogP contribution >= 0.6 is 11.6 Å². The van der Waals surface area contributed by atoms with E-state index in [0.29, 0.717) is 53.4 Å². The van der Waals surface area contributed by atoms with Crippen LogP contribution in [0.1, 0.15) is 48.1 Å². The first kappa shape index (κ1) is 25.6. The van der Waals surface area contributed by atoms with Crippen molar-refractivity contribution >= 4 is 28.4 Å². The first-order valence-electron chi connectivity index (χ1n) is 12.2. The minimum absolute atomic E-state index is 0.0269. The molecule has 0 fully saturated rings. The lowest BCUT2D eigenvalue weighted by Crippen LogP contribution is -2.42. The predicted molar refractivity (Wildman–Crippen MR) is 145 cm³/mol. The molecule has 36 heavy (non-hydrogen) atoms. The summed E-state index contributed by atoms with van der Waals surface area (Å²) in [6.45, 7) is 5.32. The fourth-order valence-electron chi connectivity index (χ4n) is 4.53. The van der Waals surface area contributed by atoms with Gasteiger partial charge in [0, 0.05) is 17.1 Å². The van der Waals surface area contributed by atoms with E-state index in [9.17, 15) is 9.59 Å². The molecule has 3 aromatic carbocycles. The molecule has 4 rings (SSSR count). The highest BCUT2D eigenvalue weighted by Crippen LogP contribution is 2.30. The molecule has 1 aromatic heterocycles. The van der Waals surface area contributed by atoms with Crippen LogP contribution in [0, 0.1) is 5.92 Å². The fraction of sp³-hybridized carbons (Fsp3) is 0.276. The normalized spacial score (nSPS) is 12.1. The van der Waals surface area contributed by atoms with Crippen LogP contribution in [-0.2, 0) is 6.54 Å². The topological polar surface area (TPSA) is 81.2 Å². The average molecular weight is 503 g/mol. The standard InChI is InChI=1S/C29H31ClN4O2/c1-20(2)26(33(17-9-16-31)28(35)22-12-7-4-8-13-22)27-32-25-18-23(30)14-15-24(25)29(36)34(27)19-21-10-5-3-6-11-21/h3-8,10-15,18,20,26H,9,16-17,19,31H2,1-2H3/t26-/m0/s1. The zero-order valence-electron chi connectivity index (χ0n) is 20.6. The van der Waals surface area contributed by atoms with Crippen molar-refractivity contribution in [3.05, 3.63) is 111 Å². The molecule has 1 atom stereocenters. The molecule has 2 N–H and O–H groups in total. The number of hydrogen-bond acceptors (Lipinski definition) is 4. The molecule has 7 heteroatoms. The third kappa shape index (κ3) is 5.50. The van der Waals surface area contributed by atoms with Crippen LogP contribution in [0.2, 0.25) is 5.02 Å². The van der Waals surface area contributed by atoms with Crippen molar-refractivity contribution in [3.8, 4) is 0 Å². The molecule has 0 aliphatic rings. The molecule has 186 valence electrons. The monoisotopic (exact) mass is 502 g/mol. The Labute approximate surface area is 216 Å². The second-order valence-corrected chi connectivity index (χ2v) is 9.64. The highest BCUT2D eigenvalue weighted by atomic mass is 35.5. The van der Waals surface area contributed by atoms with E-state index >= 15 is 0 Å². The molecular weight excluding hydrogens is 472 g/mol. The molecule has 4 aromatic rings. The number of halogens is 1. The second-order valence-electron chi connectivity index (χ2n) is 9.20. The fourth-order valence-corrected chi connectivity index (χ4v) is 4.69. The molecule has 1 amide bonds. The van der Waals surface area contributed by atoms with Gasteiger partial charge in [-0.1, -0.05) is 74.0 Å². The predicted octanol–water partition coefficient (Wildman–Crippen LogP) is 5.29. The van der Waals surface area contributed by atoms with Gasteiger partial charge in [-0.15, -0.1) is 0 Å². The highest BCUT2D eigenvalue weighted by Gasteiger charge is 2.32. The van der Waals surface area contributed by atoms with E-state index in [-0.39, 0.29) is 17.4 Å². The number of benzene rings is 3. The first-order valence-corrected chi connectivity index (χ1v) is 12.6. The lowest BCUT2D eigenvalue weighted by molar-refractivity contribution is 0.0602. The van der Waals surface area contributed by atoms with Crippen molar-refractivity contribution in [2.24, 2.45) is 11.7 Å². The Bertz CT molecular complexity index is 1390. The summed E-state index contributed by atoms with van der Waals surface area (Å²) in [6.07, 6.45) is 0.629. The van der Waals surface area contributed by atoms with E-state index in [2.05, 4.69) is 0 Å². The summed E-state index contributed by atoms with van der Waals surface area (Å²) in [5, 5.41) is 0.993. The first-order chi connectivity index (χ1) is 17.4. The Morgan fingerprint density at radius 3 is 2.33 bits per heavy atom. The number of nitrogens with zero attached hydrogens (tertiary/aromatic N) is 3. The lowest BCUT2D eigenvalue weighted by Gasteiger charge is -2.35. The smallest absolute Gasteiger partial charge is 0.261 e. The summed E-state index contributed by atoms with van der Waals surface area (Å²) in [7, 11) is 0. The molecule has 0 aliphatic heterocycles. The molecular formula is C29H31ClN4O2. The Hall–Kier alpha value is -3.48. The minimum atomic E-state index is -0.455. The van der Waals surface area contributed by atoms with Crippen LogP contribution < -0.4 is 11.3 Å². The molecule has 1 heterocycles. The van der Waals surface area contributed by atoms with Gasteiger partial charge in [-0.05, 0) is 54.8 Å². The molecule has 0 unspecified atom stereocenters. The zero-order chi connectivity index (χ0) is 25.7. The van der Waals surface area contributed by atoms with Crippen molar-refractivity contribution < 1.29 is 4.79 Å². The molecule has 0 spiro atoms. The lowest BCUT2D eigenvalue weighted by atomic mass is 9.98. The molecule has 0 saturated heterocycles. The third-order valence-corrected chi connectivity index (χ3v) is 6.48. The van der Waals surface area contributed by atoms with Gasteiger partial charge in [0.1, 0.15) is 5.82 Å². The zero-order valence-corrected chi connectivity index (χ0v) is 21.4. The van der Waals surface area contributed by atoms with Crippen molar-refractivity contribution in [1.82, 2.24) is 14.5 Å². The molecule has 6 nitrogen and oxygen atoms in total. The van der Waals surface area contributed by atoms with Gasteiger partial charge in [0.25, 0.3) is 11.5 Å². The number of amides is 1. The maximum absolute atomic E-state index is 13.8. The van der Waals surface area contributed by atoms with Crippen molar-refractivity contribution in [3.63, 3.8) is 0 Å². The number of fused-ring (bicyclic) bond motifs is 1. The summed E-state index contributed by atoms with van der Waals surface area (Å²) in [6, 6.07) is 23.6. The SMILES string of the molecule is CC(C)[C@@H](c1nc2cc(Cl)ccc2c(=O)n1Cc1ccccc1)N(CCCN)C(=O)c1ccccc1. The van der Waals surface area contributed by atoms with Gasteiger partial charge >= 0.3 is 0 Å². The largest absolute Gasteiger partial charge is 0.330 e. The van der Waals surface area contributed by atoms with Crippen LogP contribution in [0.25, 0.3) is 10.9 Å². The molecule has 0 radical (unpaired) electrons. The van der Waals surface area contributed by atoms with Gasteiger partial charge in [0.05, 0.1) is 23.5 Å². The van der Waals surface area contributed by atoms with Gasteiger partial charge in [-0.2, -0.15) is 0 Å². The van der Waals surface area contributed by atoms with Crippen LogP contribution in [0.5, 0.6) is 0 Å². The number of nitrogens with two attached hydrogens (primary N) is 1. The van der Waals surface area contributed by atoms with Gasteiger partial charge < -0.3 is 10.6 Å². The third-order valence-electron chi connectivity index (χ3n) is 6.25. The summed E-state index contributed by atoms with van der Waals surface area (Å²) in [5.74, 6) is 0.394. The second kappa shape index (κ2) is 11.5. The number of rotatable bonds is 9. The molecule has 0 aliphatic carbocycles. The Morgan fingerprint density at radius 1 is 1.03 bits per heavy atom. The maximum Gasteiger partial charge on any atom is 0.261 e. The Balaban J connectivity index is 1.94. The van der Waals surface area contributed by atoms with Crippen molar-refractivity contribution in [2.75, 3.05) is 13.1 Å². The van der Waals surface area contributed by atoms with E-state index in [1.54, 1.807) is 34.9 Å². The summed E-state index contributed by atoms with van der Waals surface area (Å²) >= 11 is 6.27. The number of carbonyl (C=O) groups is 1. The van der Waals surface area contributed by atoms with Crippen LogP contribution in [-0.4, -0.2) is 33.4 Å². The van der Waals surface area contributed by atoms with Gasteiger partial charge in [-0.25, -0.2) is 4.98 Å². The van der Waals surface area contributed by atoms with Gasteiger partial charge in [0.2, 0.25) is 0 Å². The molecule has 0 saturated carbocycles. The van der Waals surface area contributed by atoms with E-state index in [4.69, 9.17) is 22.3 Å². The minimum Gasteiger partial charge on any atom is -0.330 e. The highest BCUT2D eigenvalue weighted by molar-refractivity contribution is 6.31. The maximum atomic E-state index is 13.8. The summed E-state index contributed by atoms with van der Waals surface area (Å²) < 4.78 is 1.70. The quantitative estimate of drug-likeness (QED) is 0.337. The summed E-state index contributed by atoms with van der Waals surface area (Å²) in [4.78, 5) is 34.4. The van der Waals surface area contributed by atoms with E-state index in [0.717, 1.165) is 5.56 Å².